The fraction of sp³-hybridized carbons (Fsp3) is 0.250. The maximum absolute atomic E-state index is 12.0. The molecule has 0 aliphatic rings. The molecule has 0 unspecified atom stereocenters. The van der Waals surface area contributed by atoms with Crippen LogP contribution in [0.3, 0.4) is 0 Å². The first-order valence-corrected chi connectivity index (χ1v) is 6.63. The third kappa shape index (κ3) is 3.95. The summed E-state index contributed by atoms with van der Waals surface area (Å²) < 4.78 is 5.02. The number of anilines is 1. The molecule has 2 aromatic rings. The van der Waals surface area contributed by atoms with Crippen LogP contribution >= 0.6 is 0 Å². The van der Waals surface area contributed by atoms with Crippen molar-refractivity contribution in [1.29, 1.82) is 0 Å². The van der Waals surface area contributed by atoms with Crippen molar-refractivity contribution in [3.05, 3.63) is 53.5 Å². The summed E-state index contributed by atoms with van der Waals surface area (Å²) in [6.07, 6.45) is 1.43. The molecule has 0 aliphatic heterocycles. The molecule has 0 atom stereocenters. The number of benzene rings is 1. The second-order valence-corrected chi connectivity index (χ2v) is 5.06. The van der Waals surface area contributed by atoms with Crippen molar-refractivity contribution in [3.63, 3.8) is 0 Å². The van der Waals surface area contributed by atoms with Crippen LogP contribution in [-0.4, -0.2) is 30.3 Å². The minimum atomic E-state index is -0.324. The summed E-state index contributed by atoms with van der Waals surface area (Å²) >= 11 is 0. The standard InChI is InChI=1S/C16H18N2O3/c1-11-7-12(2)9-13(8-11)17-15(19)10-18(3)16(20)14-5-4-6-21-14/h4-9H,10H2,1-3H3,(H,17,19). The van der Waals surface area contributed by atoms with Crippen molar-refractivity contribution in [3.8, 4) is 0 Å². The summed E-state index contributed by atoms with van der Waals surface area (Å²) in [4.78, 5) is 25.3. The topological polar surface area (TPSA) is 62.6 Å². The fourth-order valence-electron chi connectivity index (χ4n) is 2.12. The summed E-state index contributed by atoms with van der Waals surface area (Å²) in [7, 11) is 1.56. The smallest absolute Gasteiger partial charge is 0.289 e. The zero-order chi connectivity index (χ0) is 15.4. The first-order chi connectivity index (χ1) is 9.95. The maximum Gasteiger partial charge on any atom is 0.289 e. The maximum atomic E-state index is 12.0. The highest BCUT2D eigenvalue weighted by molar-refractivity contribution is 5.97. The van der Waals surface area contributed by atoms with E-state index in [-0.39, 0.29) is 24.1 Å². The van der Waals surface area contributed by atoms with Gasteiger partial charge in [0.1, 0.15) is 0 Å². The van der Waals surface area contributed by atoms with Crippen molar-refractivity contribution in [1.82, 2.24) is 4.90 Å². The molecule has 1 aromatic heterocycles. The molecule has 5 heteroatoms. The second kappa shape index (κ2) is 6.26. The molecule has 1 aromatic carbocycles. The number of hydrogen-bond donors (Lipinski definition) is 1. The minimum absolute atomic E-state index is 0.0352. The molecule has 0 bridgehead atoms. The van der Waals surface area contributed by atoms with Gasteiger partial charge in [-0.05, 0) is 49.2 Å². The zero-order valence-corrected chi connectivity index (χ0v) is 12.3. The van der Waals surface area contributed by atoms with Crippen LogP contribution in [0.25, 0.3) is 0 Å². The normalized spacial score (nSPS) is 10.2. The SMILES string of the molecule is Cc1cc(C)cc(NC(=O)CN(C)C(=O)c2ccco2)c1. The van der Waals surface area contributed by atoms with Crippen LogP contribution in [0, 0.1) is 13.8 Å². The highest BCUT2D eigenvalue weighted by Crippen LogP contribution is 2.13. The van der Waals surface area contributed by atoms with E-state index in [0.29, 0.717) is 0 Å². The summed E-state index contributed by atoms with van der Waals surface area (Å²) in [6, 6.07) is 9.01. The molecular weight excluding hydrogens is 268 g/mol. The third-order valence-electron chi connectivity index (χ3n) is 2.96. The van der Waals surface area contributed by atoms with E-state index in [2.05, 4.69) is 5.32 Å². The highest BCUT2D eigenvalue weighted by Gasteiger charge is 2.17. The molecule has 0 saturated carbocycles. The Kier molecular flexibility index (Phi) is 4.42. The van der Waals surface area contributed by atoms with Crippen molar-refractivity contribution in [2.75, 3.05) is 18.9 Å². The molecule has 1 heterocycles. The van der Waals surface area contributed by atoms with E-state index in [1.165, 1.54) is 11.2 Å². The summed E-state index contributed by atoms with van der Waals surface area (Å²) in [5.74, 6) is -0.352. The van der Waals surface area contributed by atoms with E-state index >= 15 is 0 Å². The minimum Gasteiger partial charge on any atom is -0.459 e. The Morgan fingerprint density at radius 1 is 1.19 bits per heavy atom. The lowest BCUT2D eigenvalue weighted by atomic mass is 10.1. The van der Waals surface area contributed by atoms with Gasteiger partial charge in [-0.15, -0.1) is 0 Å². The average molecular weight is 286 g/mol. The zero-order valence-electron chi connectivity index (χ0n) is 12.3. The summed E-state index contributed by atoms with van der Waals surface area (Å²) in [5.41, 5.74) is 2.88. The molecule has 0 spiro atoms. The Morgan fingerprint density at radius 2 is 1.86 bits per heavy atom. The molecule has 21 heavy (non-hydrogen) atoms. The second-order valence-electron chi connectivity index (χ2n) is 5.06. The first-order valence-electron chi connectivity index (χ1n) is 6.63. The van der Waals surface area contributed by atoms with Crippen LogP contribution in [-0.2, 0) is 4.79 Å². The monoisotopic (exact) mass is 286 g/mol. The number of likely N-dealkylation sites (N-methyl/N-ethyl adjacent to an activating group) is 1. The van der Waals surface area contributed by atoms with Gasteiger partial charge in [0.05, 0.1) is 12.8 Å². The summed E-state index contributed by atoms with van der Waals surface area (Å²) in [6.45, 7) is 3.90. The Morgan fingerprint density at radius 3 is 2.43 bits per heavy atom. The van der Waals surface area contributed by atoms with Gasteiger partial charge in [0.25, 0.3) is 5.91 Å². The van der Waals surface area contributed by atoms with Gasteiger partial charge in [-0.2, -0.15) is 0 Å². The van der Waals surface area contributed by atoms with Crippen LogP contribution in [0.5, 0.6) is 0 Å². The number of nitrogens with one attached hydrogen (secondary N) is 1. The fourth-order valence-corrected chi connectivity index (χ4v) is 2.12. The van der Waals surface area contributed by atoms with Gasteiger partial charge in [-0.25, -0.2) is 0 Å². The quantitative estimate of drug-likeness (QED) is 0.939. The van der Waals surface area contributed by atoms with Gasteiger partial charge in [-0.3, -0.25) is 9.59 Å². The Bertz CT molecular complexity index is 627. The molecular formula is C16H18N2O3. The van der Waals surface area contributed by atoms with E-state index < -0.39 is 0 Å². The molecule has 5 nitrogen and oxygen atoms in total. The van der Waals surface area contributed by atoms with Crippen LogP contribution in [0.2, 0.25) is 0 Å². The van der Waals surface area contributed by atoms with Gasteiger partial charge in [0.15, 0.2) is 5.76 Å². The van der Waals surface area contributed by atoms with E-state index in [9.17, 15) is 9.59 Å². The number of aryl methyl sites for hydroxylation is 2. The summed E-state index contributed by atoms with van der Waals surface area (Å²) in [5, 5.41) is 2.79. The van der Waals surface area contributed by atoms with Gasteiger partial charge >= 0.3 is 0 Å². The molecule has 0 aliphatic carbocycles. The largest absolute Gasteiger partial charge is 0.459 e. The predicted octanol–water partition coefficient (Wildman–Crippen LogP) is 2.61. The lowest BCUT2D eigenvalue weighted by Crippen LogP contribution is -2.34. The van der Waals surface area contributed by atoms with Crippen molar-refractivity contribution in [2.24, 2.45) is 0 Å². The van der Waals surface area contributed by atoms with Gasteiger partial charge in [0.2, 0.25) is 5.91 Å². The van der Waals surface area contributed by atoms with Gasteiger partial charge in [-0.1, -0.05) is 6.07 Å². The number of furan rings is 1. The van der Waals surface area contributed by atoms with E-state index in [1.54, 1.807) is 19.2 Å². The van der Waals surface area contributed by atoms with E-state index in [1.807, 2.05) is 32.0 Å². The highest BCUT2D eigenvalue weighted by atomic mass is 16.3. The molecule has 0 saturated heterocycles. The Labute approximate surface area is 123 Å². The van der Waals surface area contributed by atoms with Crippen molar-refractivity contribution < 1.29 is 14.0 Å². The Balaban J connectivity index is 1.96. The average Bonchev–Trinajstić information content (AvgIpc) is 2.89. The lowest BCUT2D eigenvalue weighted by Gasteiger charge is -2.15. The first kappa shape index (κ1) is 14.8. The third-order valence-corrected chi connectivity index (χ3v) is 2.96. The van der Waals surface area contributed by atoms with E-state index in [0.717, 1.165) is 16.8 Å². The molecule has 0 radical (unpaired) electrons. The molecule has 110 valence electrons. The predicted molar refractivity (Wildman–Crippen MR) is 80.2 cm³/mol. The number of rotatable bonds is 4. The number of carbonyl (C=O) groups is 2. The molecule has 2 amide bonds. The van der Waals surface area contributed by atoms with Gasteiger partial charge < -0.3 is 14.6 Å². The van der Waals surface area contributed by atoms with E-state index in [4.69, 9.17) is 4.42 Å². The van der Waals surface area contributed by atoms with Crippen LogP contribution < -0.4 is 5.32 Å². The number of nitrogens with zero attached hydrogens (tertiary/aromatic N) is 1. The number of carbonyl (C=O) groups excluding carboxylic acids is 2. The molecule has 2 rings (SSSR count). The molecule has 0 fully saturated rings. The van der Waals surface area contributed by atoms with Crippen LogP contribution in [0.4, 0.5) is 5.69 Å². The Hall–Kier alpha value is -2.56. The number of hydrogen-bond acceptors (Lipinski definition) is 3. The molecule has 1 N–H and O–H groups in total. The van der Waals surface area contributed by atoms with Crippen molar-refractivity contribution >= 4 is 17.5 Å². The van der Waals surface area contributed by atoms with Crippen LogP contribution in [0.15, 0.2) is 41.0 Å². The lowest BCUT2D eigenvalue weighted by molar-refractivity contribution is -0.116. The van der Waals surface area contributed by atoms with Crippen molar-refractivity contribution in [2.45, 2.75) is 13.8 Å². The van der Waals surface area contributed by atoms with Crippen LogP contribution in [0.1, 0.15) is 21.7 Å². The van der Waals surface area contributed by atoms with Gasteiger partial charge in [0, 0.05) is 12.7 Å². The number of amides is 2.